The van der Waals surface area contributed by atoms with Crippen molar-refractivity contribution in [2.24, 2.45) is 0 Å². The summed E-state index contributed by atoms with van der Waals surface area (Å²) in [5.41, 5.74) is 1.51. The molecular formula is C17H16N2O3. The smallest absolute Gasteiger partial charge is 0.223 e. The molecule has 112 valence electrons. The molecule has 0 saturated heterocycles. The van der Waals surface area contributed by atoms with Gasteiger partial charge in [-0.25, -0.2) is 4.98 Å². The van der Waals surface area contributed by atoms with Crippen LogP contribution in [-0.2, 0) is 11.3 Å². The number of nitrogens with one attached hydrogen (secondary N) is 1. The summed E-state index contributed by atoms with van der Waals surface area (Å²) in [5, 5.41) is 2.77. The van der Waals surface area contributed by atoms with Crippen LogP contribution in [0.5, 0.6) is 5.75 Å². The Kier molecular flexibility index (Phi) is 4.34. The van der Waals surface area contributed by atoms with Gasteiger partial charge in [0, 0.05) is 0 Å². The van der Waals surface area contributed by atoms with Crippen LogP contribution < -0.4 is 10.1 Å². The van der Waals surface area contributed by atoms with Crippen molar-refractivity contribution in [3.63, 3.8) is 0 Å². The first-order valence-electron chi connectivity index (χ1n) is 7.10. The molecule has 0 fully saturated rings. The summed E-state index contributed by atoms with van der Waals surface area (Å²) >= 11 is 0. The zero-order chi connectivity index (χ0) is 15.2. The van der Waals surface area contributed by atoms with Gasteiger partial charge in [-0.2, -0.15) is 0 Å². The third-order valence-electron chi connectivity index (χ3n) is 3.12. The number of rotatable bonds is 6. The minimum absolute atomic E-state index is 0.0989. The topological polar surface area (TPSA) is 64.4 Å². The van der Waals surface area contributed by atoms with Crippen molar-refractivity contribution in [2.45, 2.75) is 13.0 Å². The lowest BCUT2D eigenvalue weighted by Crippen LogP contribution is -2.24. The normalized spacial score (nSPS) is 10.5. The standard InChI is InChI=1S/C17H16N2O3/c20-16(10-11-21-13-6-2-1-3-7-13)18-12-17-19-14-8-4-5-9-15(14)22-17/h1-9H,10-12H2,(H,18,20). The molecule has 1 heterocycles. The number of carbonyl (C=O) groups is 1. The molecule has 1 N–H and O–H groups in total. The predicted molar refractivity (Wildman–Crippen MR) is 82.4 cm³/mol. The third-order valence-corrected chi connectivity index (χ3v) is 3.12. The Morgan fingerprint density at radius 3 is 2.68 bits per heavy atom. The molecule has 5 heteroatoms. The Hall–Kier alpha value is -2.82. The van der Waals surface area contributed by atoms with E-state index >= 15 is 0 Å². The van der Waals surface area contributed by atoms with Gasteiger partial charge in [0.25, 0.3) is 0 Å². The van der Waals surface area contributed by atoms with E-state index in [2.05, 4.69) is 10.3 Å². The fourth-order valence-electron chi connectivity index (χ4n) is 2.04. The number of carbonyl (C=O) groups excluding carboxylic acids is 1. The number of nitrogens with zero attached hydrogens (tertiary/aromatic N) is 1. The molecular weight excluding hydrogens is 280 g/mol. The largest absolute Gasteiger partial charge is 0.493 e. The van der Waals surface area contributed by atoms with Crippen molar-refractivity contribution in [1.29, 1.82) is 0 Å². The molecule has 1 aromatic heterocycles. The molecule has 3 aromatic rings. The van der Waals surface area contributed by atoms with Crippen LogP contribution in [0.4, 0.5) is 0 Å². The number of ether oxygens (including phenoxy) is 1. The number of aromatic nitrogens is 1. The van der Waals surface area contributed by atoms with Crippen LogP contribution in [0.15, 0.2) is 59.0 Å². The summed E-state index contributed by atoms with van der Waals surface area (Å²) < 4.78 is 11.0. The predicted octanol–water partition coefficient (Wildman–Crippen LogP) is 2.91. The minimum atomic E-state index is -0.0989. The fourth-order valence-corrected chi connectivity index (χ4v) is 2.04. The van der Waals surface area contributed by atoms with E-state index in [1.54, 1.807) is 0 Å². The molecule has 0 unspecified atom stereocenters. The fraction of sp³-hybridized carbons (Fsp3) is 0.176. The summed E-state index contributed by atoms with van der Waals surface area (Å²) in [4.78, 5) is 16.1. The molecule has 0 aliphatic carbocycles. The van der Waals surface area contributed by atoms with E-state index in [0.29, 0.717) is 12.5 Å². The lowest BCUT2D eigenvalue weighted by molar-refractivity contribution is -0.121. The van der Waals surface area contributed by atoms with Crippen molar-refractivity contribution in [3.8, 4) is 5.75 Å². The van der Waals surface area contributed by atoms with E-state index in [4.69, 9.17) is 9.15 Å². The molecule has 0 saturated carbocycles. The number of hydrogen-bond acceptors (Lipinski definition) is 4. The quantitative estimate of drug-likeness (QED) is 0.759. The lowest BCUT2D eigenvalue weighted by atomic mass is 10.3. The van der Waals surface area contributed by atoms with Crippen LogP contribution in [0.2, 0.25) is 0 Å². The van der Waals surface area contributed by atoms with Crippen molar-refractivity contribution >= 4 is 17.0 Å². The van der Waals surface area contributed by atoms with Gasteiger partial charge in [0.2, 0.25) is 11.8 Å². The van der Waals surface area contributed by atoms with Gasteiger partial charge in [-0.3, -0.25) is 4.79 Å². The van der Waals surface area contributed by atoms with Crippen LogP contribution in [0.3, 0.4) is 0 Å². The second kappa shape index (κ2) is 6.76. The molecule has 0 bridgehead atoms. The van der Waals surface area contributed by atoms with Crippen LogP contribution in [0.25, 0.3) is 11.1 Å². The first-order valence-corrected chi connectivity index (χ1v) is 7.10. The first-order chi connectivity index (χ1) is 10.8. The monoisotopic (exact) mass is 296 g/mol. The SMILES string of the molecule is O=C(CCOc1ccccc1)NCc1nc2ccccc2o1. The molecule has 0 aliphatic rings. The number of oxazole rings is 1. The summed E-state index contributed by atoms with van der Waals surface area (Å²) in [6, 6.07) is 16.9. The summed E-state index contributed by atoms with van der Waals surface area (Å²) in [6.07, 6.45) is 0.287. The number of benzene rings is 2. The second-order valence-electron chi connectivity index (χ2n) is 4.76. The van der Waals surface area contributed by atoms with E-state index < -0.39 is 0 Å². The van der Waals surface area contributed by atoms with Gasteiger partial charge in [-0.05, 0) is 24.3 Å². The maximum absolute atomic E-state index is 11.8. The second-order valence-corrected chi connectivity index (χ2v) is 4.76. The summed E-state index contributed by atoms with van der Waals surface area (Å²) in [6.45, 7) is 0.613. The Balaban J connectivity index is 1.44. The summed E-state index contributed by atoms with van der Waals surface area (Å²) in [5.74, 6) is 1.16. The van der Waals surface area contributed by atoms with Gasteiger partial charge in [-0.15, -0.1) is 0 Å². The van der Waals surface area contributed by atoms with Crippen LogP contribution in [0, 0.1) is 0 Å². The molecule has 0 radical (unpaired) electrons. The van der Waals surface area contributed by atoms with E-state index in [9.17, 15) is 4.79 Å². The zero-order valence-electron chi connectivity index (χ0n) is 12.0. The highest BCUT2D eigenvalue weighted by molar-refractivity contribution is 5.76. The zero-order valence-corrected chi connectivity index (χ0v) is 12.0. The van der Waals surface area contributed by atoms with Gasteiger partial charge in [0.1, 0.15) is 11.3 Å². The maximum Gasteiger partial charge on any atom is 0.223 e. The van der Waals surface area contributed by atoms with Crippen molar-refractivity contribution < 1.29 is 13.9 Å². The Morgan fingerprint density at radius 1 is 1.09 bits per heavy atom. The van der Waals surface area contributed by atoms with Gasteiger partial charge in [-0.1, -0.05) is 30.3 Å². The number of hydrogen-bond donors (Lipinski definition) is 1. The molecule has 0 aliphatic heterocycles. The number of para-hydroxylation sites is 3. The highest BCUT2D eigenvalue weighted by Gasteiger charge is 2.07. The van der Waals surface area contributed by atoms with Crippen molar-refractivity contribution in [2.75, 3.05) is 6.61 Å². The Morgan fingerprint density at radius 2 is 1.86 bits per heavy atom. The van der Waals surface area contributed by atoms with Crippen molar-refractivity contribution in [1.82, 2.24) is 10.3 Å². The van der Waals surface area contributed by atoms with E-state index in [-0.39, 0.29) is 18.9 Å². The van der Waals surface area contributed by atoms with Gasteiger partial charge in [0.05, 0.1) is 19.6 Å². The molecule has 1 amide bonds. The van der Waals surface area contributed by atoms with Gasteiger partial charge >= 0.3 is 0 Å². The van der Waals surface area contributed by atoms with Crippen molar-refractivity contribution in [3.05, 3.63) is 60.5 Å². The molecule has 22 heavy (non-hydrogen) atoms. The van der Waals surface area contributed by atoms with E-state index in [0.717, 1.165) is 16.8 Å². The number of amides is 1. The van der Waals surface area contributed by atoms with Crippen LogP contribution in [0.1, 0.15) is 12.3 Å². The van der Waals surface area contributed by atoms with Crippen LogP contribution in [-0.4, -0.2) is 17.5 Å². The average molecular weight is 296 g/mol. The molecule has 2 aromatic carbocycles. The van der Waals surface area contributed by atoms with Gasteiger partial charge in [0.15, 0.2) is 5.58 Å². The molecule has 5 nitrogen and oxygen atoms in total. The highest BCUT2D eigenvalue weighted by Crippen LogP contribution is 2.14. The third kappa shape index (κ3) is 3.63. The van der Waals surface area contributed by atoms with Gasteiger partial charge < -0.3 is 14.5 Å². The molecule has 0 spiro atoms. The minimum Gasteiger partial charge on any atom is -0.493 e. The molecule has 0 atom stereocenters. The average Bonchev–Trinajstić information content (AvgIpc) is 2.97. The lowest BCUT2D eigenvalue weighted by Gasteiger charge is -2.05. The van der Waals surface area contributed by atoms with Crippen LogP contribution >= 0.6 is 0 Å². The number of fused-ring (bicyclic) bond motifs is 1. The Bertz CT molecular complexity index is 720. The first kappa shape index (κ1) is 14.1. The van der Waals surface area contributed by atoms with E-state index in [1.165, 1.54) is 0 Å². The Labute approximate surface area is 127 Å². The highest BCUT2D eigenvalue weighted by atomic mass is 16.5. The maximum atomic E-state index is 11.8. The van der Waals surface area contributed by atoms with E-state index in [1.807, 2.05) is 54.6 Å². The molecule has 3 rings (SSSR count). The summed E-state index contributed by atoms with van der Waals surface area (Å²) in [7, 11) is 0.